The third kappa shape index (κ3) is 4.91. The van der Waals surface area contributed by atoms with Gasteiger partial charge in [-0.3, -0.25) is 0 Å². The smallest absolute Gasteiger partial charge is 0.165 e. The van der Waals surface area contributed by atoms with E-state index in [2.05, 4.69) is 168 Å². The summed E-state index contributed by atoms with van der Waals surface area (Å²) in [5.41, 5.74) is 6.31. The molecule has 0 amide bonds. The third-order valence-electron chi connectivity index (χ3n) is 11.8. The zero-order valence-corrected chi connectivity index (χ0v) is 33.1. The average molecular weight is 787 g/mol. The highest BCUT2D eigenvalue weighted by molar-refractivity contribution is 7.28. The first kappa shape index (κ1) is 32.8. The molecule has 6 heteroatoms. The van der Waals surface area contributed by atoms with Crippen molar-refractivity contribution in [2.45, 2.75) is 0 Å². The summed E-state index contributed by atoms with van der Waals surface area (Å²) in [5.74, 6) is 1.95. The Morgan fingerprint density at radius 3 is 1.68 bits per heavy atom. The van der Waals surface area contributed by atoms with Crippen LogP contribution in [0.3, 0.4) is 0 Å². The van der Waals surface area contributed by atoms with E-state index in [9.17, 15) is 0 Å². The summed E-state index contributed by atoms with van der Waals surface area (Å²) in [6.45, 7) is 0. The van der Waals surface area contributed by atoms with Crippen molar-refractivity contribution in [1.29, 1.82) is 0 Å². The molecule has 0 unspecified atom stereocenters. The van der Waals surface area contributed by atoms with Gasteiger partial charge in [-0.2, -0.15) is 0 Å². The number of aromatic nitrogens is 4. The Hall–Kier alpha value is -7.25. The Balaban J connectivity index is 1.18. The van der Waals surface area contributed by atoms with Crippen molar-refractivity contribution in [2.75, 3.05) is 0 Å². The standard InChI is InChI=1S/C53H30N4S2/c1-2-14-31(15-3-1)51-54-52(40-28-32-16-4-5-17-34(32)35-18-6-7-19-36(35)40)56-53(55-51)42-30-33(57-43-23-11-8-20-37(43)38-21-9-12-24-44(38)57)29-41-49-47(59-50(41)42)27-26-46-48(49)39-22-10-13-25-45(39)58-46/h1-30H. The first-order valence-electron chi connectivity index (χ1n) is 19.8. The number of benzene rings is 9. The normalized spacial score (nSPS) is 12.1. The molecule has 0 radical (unpaired) electrons. The zero-order chi connectivity index (χ0) is 38.6. The predicted molar refractivity (Wildman–Crippen MR) is 251 cm³/mol. The second-order valence-electron chi connectivity index (χ2n) is 15.1. The molecule has 0 fully saturated rings. The molecule has 0 spiro atoms. The molecule has 13 rings (SSSR count). The van der Waals surface area contributed by atoms with E-state index >= 15 is 0 Å². The van der Waals surface area contributed by atoms with Crippen LogP contribution >= 0.6 is 22.7 Å². The van der Waals surface area contributed by atoms with Crippen molar-refractivity contribution in [1.82, 2.24) is 19.5 Å². The molecule has 9 aromatic carbocycles. The maximum atomic E-state index is 5.50. The van der Waals surface area contributed by atoms with E-state index < -0.39 is 0 Å². The van der Waals surface area contributed by atoms with Gasteiger partial charge >= 0.3 is 0 Å². The van der Waals surface area contributed by atoms with Gasteiger partial charge in [-0.25, -0.2) is 15.0 Å². The summed E-state index contributed by atoms with van der Waals surface area (Å²) in [4.78, 5) is 16.2. The molecule has 59 heavy (non-hydrogen) atoms. The van der Waals surface area contributed by atoms with E-state index in [1.165, 1.54) is 57.2 Å². The van der Waals surface area contributed by atoms with Crippen molar-refractivity contribution in [2.24, 2.45) is 0 Å². The Morgan fingerprint density at radius 1 is 0.356 bits per heavy atom. The van der Waals surface area contributed by atoms with Crippen LogP contribution < -0.4 is 0 Å². The van der Waals surface area contributed by atoms with Crippen LogP contribution in [0.15, 0.2) is 182 Å². The molecule has 0 saturated heterocycles. The predicted octanol–water partition coefficient (Wildman–Crippen LogP) is 15.0. The number of fused-ring (bicyclic) bond motifs is 13. The van der Waals surface area contributed by atoms with Gasteiger partial charge in [0.05, 0.1) is 11.0 Å². The van der Waals surface area contributed by atoms with Gasteiger partial charge in [-0.05, 0) is 70.1 Å². The Kier molecular flexibility index (Phi) is 7.02. The van der Waals surface area contributed by atoms with Crippen molar-refractivity contribution >= 4 is 106 Å². The van der Waals surface area contributed by atoms with Crippen molar-refractivity contribution < 1.29 is 0 Å². The van der Waals surface area contributed by atoms with Crippen molar-refractivity contribution in [3.05, 3.63) is 182 Å². The molecule has 0 aliphatic heterocycles. The van der Waals surface area contributed by atoms with Crippen LogP contribution in [0.2, 0.25) is 0 Å². The fourth-order valence-electron chi connectivity index (χ4n) is 9.24. The first-order chi connectivity index (χ1) is 29.2. The molecule has 0 atom stereocenters. The van der Waals surface area contributed by atoms with Gasteiger partial charge in [-0.15, -0.1) is 22.7 Å². The van der Waals surface area contributed by atoms with E-state index in [1.807, 2.05) is 40.9 Å². The van der Waals surface area contributed by atoms with Gasteiger partial charge in [0.15, 0.2) is 17.5 Å². The lowest BCUT2D eigenvalue weighted by Gasteiger charge is -2.14. The number of rotatable bonds is 4. The summed E-state index contributed by atoms with van der Waals surface area (Å²) in [6.07, 6.45) is 0. The summed E-state index contributed by atoms with van der Waals surface area (Å²) in [7, 11) is 0. The summed E-state index contributed by atoms with van der Waals surface area (Å²) in [5, 5.41) is 12.2. The second kappa shape index (κ2) is 12.6. The minimum absolute atomic E-state index is 0.644. The second-order valence-corrected chi connectivity index (χ2v) is 17.3. The molecule has 0 saturated carbocycles. The fraction of sp³-hybridized carbons (Fsp3) is 0. The largest absolute Gasteiger partial charge is 0.309 e. The summed E-state index contributed by atoms with van der Waals surface area (Å²) >= 11 is 3.69. The maximum absolute atomic E-state index is 5.50. The molecular weight excluding hydrogens is 757 g/mol. The average Bonchev–Trinajstić information content (AvgIpc) is 3.98. The monoisotopic (exact) mass is 786 g/mol. The minimum atomic E-state index is 0.644. The topological polar surface area (TPSA) is 43.6 Å². The van der Waals surface area contributed by atoms with E-state index in [0.717, 1.165) is 48.9 Å². The summed E-state index contributed by atoms with van der Waals surface area (Å²) in [6, 6.07) is 65.3. The van der Waals surface area contributed by atoms with Crippen LogP contribution in [-0.2, 0) is 0 Å². The third-order valence-corrected chi connectivity index (χ3v) is 14.2. The highest BCUT2D eigenvalue weighted by Crippen LogP contribution is 2.48. The first-order valence-corrected chi connectivity index (χ1v) is 21.4. The number of hydrogen-bond donors (Lipinski definition) is 0. The van der Waals surface area contributed by atoms with E-state index in [0.29, 0.717) is 17.5 Å². The Morgan fingerprint density at radius 2 is 0.915 bits per heavy atom. The van der Waals surface area contributed by atoms with Gasteiger partial charge in [0.25, 0.3) is 0 Å². The SMILES string of the molecule is c1ccc(-c2nc(-c3cc4ccccc4c4ccccc34)nc(-c3cc(-n4c5ccccc5c5ccccc54)cc4c3sc3ccc5sc6ccccc6c5c34)n2)cc1. The lowest BCUT2D eigenvalue weighted by Crippen LogP contribution is -2.02. The van der Waals surface area contributed by atoms with E-state index in [1.54, 1.807) is 0 Å². The molecule has 4 nitrogen and oxygen atoms in total. The molecular formula is C53H30N4S2. The molecule has 0 aliphatic carbocycles. The number of thiophene rings is 2. The Bertz CT molecular complexity index is 3800. The lowest BCUT2D eigenvalue weighted by atomic mass is 9.97. The number of para-hydroxylation sites is 2. The maximum Gasteiger partial charge on any atom is 0.165 e. The van der Waals surface area contributed by atoms with Crippen LogP contribution in [0.4, 0.5) is 0 Å². The lowest BCUT2D eigenvalue weighted by molar-refractivity contribution is 1.08. The number of nitrogens with zero attached hydrogens (tertiary/aromatic N) is 4. The molecule has 4 aromatic heterocycles. The molecule has 0 aliphatic rings. The molecule has 4 heterocycles. The van der Waals surface area contributed by atoms with Crippen LogP contribution in [-0.4, -0.2) is 19.5 Å². The quantitative estimate of drug-likeness (QED) is 0.167. The van der Waals surface area contributed by atoms with E-state index in [-0.39, 0.29) is 0 Å². The molecule has 13 aromatic rings. The van der Waals surface area contributed by atoms with Crippen molar-refractivity contribution in [3.8, 4) is 39.9 Å². The summed E-state index contributed by atoms with van der Waals surface area (Å²) < 4.78 is 7.41. The van der Waals surface area contributed by atoms with Crippen LogP contribution in [0, 0.1) is 0 Å². The van der Waals surface area contributed by atoms with Gasteiger partial charge in [0.1, 0.15) is 0 Å². The Labute approximate surface area is 345 Å². The number of hydrogen-bond acceptors (Lipinski definition) is 5. The van der Waals surface area contributed by atoms with Crippen LogP contribution in [0.5, 0.6) is 0 Å². The van der Waals surface area contributed by atoms with Crippen LogP contribution in [0.1, 0.15) is 0 Å². The highest BCUT2D eigenvalue weighted by Gasteiger charge is 2.23. The van der Waals surface area contributed by atoms with Gasteiger partial charge in [0, 0.05) is 73.5 Å². The molecule has 0 bridgehead atoms. The zero-order valence-electron chi connectivity index (χ0n) is 31.4. The van der Waals surface area contributed by atoms with Gasteiger partial charge in [0.2, 0.25) is 0 Å². The van der Waals surface area contributed by atoms with Gasteiger partial charge < -0.3 is 4.57 Å². The highest BCUT2D eigenvalue weighted by atomic mass is 32.1. The van der Waals surface area contributed by atoms with Crippen molar-refractivity contribution in [3.63, 3.8) is 0 Å². The van der Waals surface area contributed by atoms with Gasteiger partial charge in [-0.1, -0.05) is 133 Å². The fourth-order valence-corrected chi connectivity index (χ4v) is 11.6. The minimum Gasteiger partial charge on any atom is -0.309 e. The molecule has 0 N–H and O–H groups in total. The molecule has 274 valence electrons. The van der Waals surface area contributed by atoms with E-state index in [4.69, 9.17) is 15.0 Å². The van der Waals surface area contributed by atoms with Crippen LogP contribution in [0.25, 0.3) is 124 Å².